The van der Waals surface area contributed by atoms with E-state index in [1.807, 2.05) is 41.8 Å². The summed E-state index contributed by atoms with van der Waals surface area (Å²) in [6.07, 6.45) is 0.634. The van der Waals surface area contributed by atoms with Gasteiger partial charge in [0.15, 0.2) is 0 Å². The Bertz CT molecular complexity index is 699. The fourth-order valence-corrected chi connectivity index (χ4v) is 3.96. The van der Waals surface area contributed by atoms with Gasteiger partial charge in [-0.3, -0.25) is 4.79 Å². The van der Waals surface area contributed by atoms with E-state index in [9.17, 15) is 4.79 Å². The Morgan fingerprint density at radius 3 is 2.65 bits per heavy atom. The monoisotopic (exact) mass is 303 g/mol. The summed E-state index contributed by atoms with van der Waals surface area (Å²) < 4.78 is 2.30. The smallest absolute Gasteiger partial charge is 0.265 e. The second-order valence-electron chi connectivity index (χ2n) is 4.38. The molecule has 3 nitrogen and oxygen atoms in total. The summed E-state index contributed by atoms with van der Waals surface area (Å²) in [5.41, 5.74) is 1.83. The van der Waals surface area contributed by atoms with E-state index in [0.717, 1.165) is 25.5 Å². The van der Waals surface area contributed by atoms with Crippen LogP contribution in [0, 0.1) is 0 Å². The number of rotatable bonds is 4. The molecule has 3 rings (SSSR count). The average molecular weight is 303 g/mol. The maximum atomic E-state index is 12.2. The number of thiophene rings is 2. The number of hydrogen-bond acceptors (Lipinski definition) is 4. The quantitative estimate of drug-likeness (QED) is 0.771. The summed E-state index contributed by atoms with van der Waals surface area (Å²) in [5, 5.41) is 13.8. The van der Waals surface area contributed by atoms with Gasteiger partial charge in [-0.15, -0.1) is 22.7 Å². The zero-order chi connectivity index (χ0) is 13.9. The molecule has 1 amide bonds. The van der Waals surface area contributed by atoms with Crippen LogP contribution >= 0.6 is 22.7 Å². The summed E-state index contributed by atoms with van der Waals surface area (Å²) in [7, 11) is 0. The van der Waals surface area contributed by atoms with Crippen molar-refractivity contribution in [2.45, 2.75) is 6.42 Å². The van der Waals surface area contributed by atoms with Gasteiger partial charge in [0.1, 0.15) is 0 Å². The normalized spacial score (nSPS) is 10.8. The standard InChI is InChI=1S/C15H13NO2S2/c17-7-5-10-1-3-11(4-2-10)16-15(18)14-9-13-12(20-14)6-8-19-13/h1-4,6,8-9,17H,5,7H2,(H,16,18). The molecular formula is C15H13NO2S2. The van der Waals surface area contributed by atoms with E-state index in [-0.39, 0.29) is 12.5 Å². The number of anilines is 1. The first-order valence-electron chi connectivity index (χ1n) is 6.24. The fourth-order valence-electron chi connectivity index (χ4n) is 1.95. The molecule has 1 aromatic carbocycles. The highest BCUT2D eigenvalue weighted by Crippen LogP contribution is 2.30. The Balaban J connectivity index is 1.73. The minimum absolute atomic E-state index is 0.0756. The number of benzene rings is 1. The predicted molar refractivity (Wildman–Crippen MR) is 84.9 cm³/mol. The Morgan fingerprint density at radius 1 is 1.15 bits per heavy atom. The molecule has 0 saturated heterocycles. The third-order valence-corrected chi connectivity index (χ3v) is 5.07. The van der Waals surface area contributed by atoms with Crippen molar-refractivity contribution in [1.82, 2.24) is 0 Å². The van der Waals surface area contributed by atoms with Crippen LogP contribution in [0.4, 0.5) is 5.69 Å². The van der Waals surface area contributed by atoms with Gasteiger partial charge in [0.25, 0.3) is 5.91 Å². The van der Waals surface area contributed by atoms with Crippen LogP contribution in [0.1, 0.15) is 15.2 Å². The lowest BCUT2D eigenvalue weighted by Gasteiger charge is -2.04. The third kappa shape index (κ3) is 2.75. The van der Waals surface area contributed by atoms with Crippen LogP contribution in [-0.2, 0) is 6.42 Å². The number of hydrogen-bond donors (Lipinski definition) is 2. The highest BCUT2D eigenvalue weighted by atomic mass is 32.1. The average Bonchev–Trinajstić information content (AvgIpc) is 3.02. The highest BCUT2D eigenvalue weighted by molar-refractivity contribution is 7.27. The zero-order valence-corrected chi connectivity index (χ0v) is 12.3. The first-order valence-corrected chi connectivity index (χ1v) is 7.94. The molecule has 2 N–H and O–H groups in total. The molecule has 0 saturated carbocycles. The first-order chi connectivity index (χ1) is 9.76. The van der Waals surface area contributed by atoms with E-state index in [1.54, 1.807) is 11.3 Å². The van der Waals surface area contributed by atoms with Gasteiger partial charge in [0.05, 0.1) is 4.88 Å². The molecule has 20 heavy (non-hydrogen) atoms. The lowest BCUT2D eigenvalue weighted by molar-refractivity contribution is 0.103. The van der Waals surface area contributed by atoms with Crippen LogP contribution in [0.25, 0.3) is 9.40 Å². The number of aliphatic hydroxyl groups excluding tert-OH is 1. The SMILES string of the molecule is O=C(Nc1ccc(CCO)cc1)c1cc2sccc2s1. The van der Waals surface area contributed by atoms with Crippen molar-refractivity contribution in [3.63, 3.8) is 0 Å². The molecule has 5 heteroatoms. The number of amides is 1. The maximum absolute atomic E-state index is 12.2. The molecule has 0 radical (unpaired) electrons. The van der Waals surface area contributed by atoms with Gasteiger partial charge in [-0.1, -0.05) is 12.1 Å². The molecule has 2 heterocycles. The fraction of sp³-hybridized carbons (Fsp3) is 0.133. The van der Waals surface area contributed by atoms with Crippen LogP contribution < -0.4 is 5.32 Å². The summed E-state index contributed by atoms with van der Waals surface area (Å²) in [6, 6.07) is 11.5. The van der Waals surface area contributed by atoms with E-state index in [0.29, 0.717) is 6.42 Å². The second-order valence-corrected chi connectivity index (χ2v) is 6.42. The molecule has 0 spiro atoms. The molecule has 0 aliphatic carbocycles. The van der Waals surface area contributed by atoms with Crippen LogP contribution in [-0.4, -0.2) is 17.6 Å². The summed E-state index contributed by atoms with van der Waals surface area (Å²) in [6.45, 7) is 0.137. The predicted octanol–water partition coefficient (Wildman–Crippen LogP) is 3.75. The van der Waals surface area contributed by atoms with E-state index < -0.39 is 0 Å². The minimum Gasteiger partial charge on any atom is -0.396 e. The third-order valence-electron chi connectivity index (χ3n) is 2.98. The minimum atomic E-state index is -0.0756. The Labute approximate surface area is 124 Å². The largest absolute Gasteiger partial charge is 0.396 e. The van der Waals surface area contributed by atoms with E-state index in [4.69, 9.17) is 5.11 Å². The number of carbonyl (C=O) groups excluding carboxylic acids is 1. The molecule has 3 aromatic rings. The highest BCUT2D eigenvalue weighted by Gasteiger charge is 2.11. The second kappa shape index (κ2) is 5.75. The van der Waals surface area contributed by atoms with Gasteiger partial charge < -0.3 is 10.4 Å². The molecular weight excluding hydrogens is 290 g/mol. The Hall–Kier alpha value is -1.69. The molecule has 0 atom stereocenters. The molecule has 2 aromatic heterocycles. The van der Waals surface area contributed by atoms with Gasteiger partial charge in [-0.05, 0) is 41.6 Å². The lowest BCUT2D eigenvalue weighted by atomic mass is 10.1. The van der Waals surface area contributed by atoms with Gasteiger partial charge in [0, 0.05) is 21.7 Å². The number of aliphatic hydroxyl groups is 1. The molecule has 0 aliphatic heterocycles. The summed E-state index contributed by atoms with van der Waals surface area (Å²) in [4.78, 5) is 12.9. The number of nitrogens with one attached hydrogen (secondary N) is 1. The van der Waals surface area contributed by atoms with Crippen molar-refractivity contribution >= 4 is 43.7 Å². The van der Waals surface area contributed by atoms with Crippen molar-refractivity contribution in [2.75, 3.05) is 11.9 Å². The van der Waals surface area contributed by atoms with E-state index >= 15 is 0 Å². The Morgan fingerprint density at radius 2 is 1.95 bits per heavy atom. The summed E-state index contributed by atoms with van der Waals surface area (Å²) in [5.74, 6) is -0.0756. The van der Waals surface area contributed by atoms with Crippen molar-refractivity contribution < 1.29 is 9.90 Å². The van der Waals surface area contributed by atoms with Gasteiger partial charge in [-0.25, -0.2) is 0 Å². The van der Waals surface area contributed by atoms with E-state index in [1.165, 1.54) is 11.3 Å². The van der Waals surface area contributed by atoms with Crippen LogP contribution in [0.5, 0.6) is 0 Å². The van der Waals surface area contributed by atoms with E-state index in [2.05, 4.69) is 5.32 Å². The van der Waals surface area contributed by atoms with Crippen LogP contribution in [0.15, 0.2) is 41.8 Å². The van der Waals surface area contributed by atoms with Gasteiger partial charge in [0.2, 0.25) is 0 Å². The maximum Gasteiger partial charge on any atom is 0.265 e. The van der Waals surface area contributed by atoms with Gasteiger partial charge in [-0.2, -0.15) is 0 Å². The first kappa shape index (κ1) is 13.3. The topological polar surface area (TPSA) is 49.3 Å². The van der Waals surface area contributed by atoms with Gasteiger partial charge >= 0.3 is 0 Å². The number of fused-ring (bicyclic) bond motifs is 1. The summed E-state index contributed by atoms with van der Waals surface area (Å²) >= 11 is 3.15. The Kier molecular flexibility index (Phi) is 3.82. The van der Waals surface area contributed by atoms with Crippen molar-refractivity contribution in [3.8, 4) is 0 Å². The molecule has 0 aliphatic rings. The lowest BCUT2D eigenvalue weighted by Crippen LogP contribution is -2.09. The number of carbonyl (C=O) groups is 1. The van der Waals surface area contributed by atoms with Crippen LogP contribution in [0.3, 0.4) is 0 Å². The molecule has 0 fully saturated rings. The molecule has 102 valence electrons. The van der Waals surface area contributed by atoms with Crippen LogP contribution in [0.2, 0.25) is 0 Å². The molecule has 0 bridgehead atoms. The van der Waals surface area contributed by atoms with Crippen molar-refractivity contribution in [3.05, 3.63) is 52.2 Å². The van der Waals surface area contributed by atoms with Crippen molar-refractivity contribution in [1.29, 1.82) is 0 Å². The van der Waals surface area contributed by atoms with Crippen molar-refractivity contribution in [2.24, 2.45) is 0 Å². The molecule has 0 unspecified atom stereocenters. The zero-order valence-electron chi connectivity index (χ0n) is 10.6.